The molecule has 6 heteroatoms. The molecule has 0 aliphatic rings. The minimum Gasteiger partial charge on any atom is -0.466 e. The van der Waals surface area contributed by atoms with Crippen molar-refractivity contribution in [3.8, 4) is 0 Å². The van der Waals surface area contributed by atoms with Crippen LogP contribution in [0, 0.1) is 0 Å². The molecule has 0 aliphatic heterocycles. The molecule has 6 nitrogen and oxygen atoms in total. The number of allylic oxidation sites excluding steroid dienone is 8. The van der Waals surface area contributed by atoms with Crippen LogP contribution in [0.5, 0.6) is 0 Å². The number of unbranched alkanes of at least 4 members (excludes halogenated alkanes) is 52. The standard InChI is InChI=1S/C78H147NO5/c1-3-5-7-9-11-13-15-17-43-48-52-56-60-64-68-72-78(83)84-73-69-65-61-57-53-49-45-42-40-38-36-34-32-30-28-26-24-22-20-18-19-21-23-25-27-29-31-33-35-37-39-41-44-47-51-55-59-63-67-71-77(82)79-75(74-80)76(81)70-66-62-58-54-50-46-16-14-12-10-8-6-4-2/h11,13,17-19,22,24,43,75-76,80-81H,3-10,12,14-16,20-21,23,25-42,44-74H2,1-2H3,(H,79,82)/b13-11-,19-18-,24-22-,43-17-. The van der Waals surface area contributed by atoms with Crippen LogP contribution < -0.4 is 5.32 Å². The fourth-order valence-electron chi connectivity index (χ4n) is 11.8. The van der Waals surface area contributed by atoms with Crippen LogP contribution in [0.4, 0.5) is 0 Å². The first-order chi connectivity index (χ1) is 41.5. The number of carbonyl (C=O) groups is 2. The minimum absolute atomic E-state index is 0.00642. The number of nitrogens with one attached hydrogen (secondary N) is 1. The molecule has 0 rings (SSSR count). The van der Waals surface area contributed by atoms with Crippen molar-refractivity contribution in [3.05, 3.63) is 48.6 Å². The highest BCUT2D eigenvalue weighted by Crippen LogP contribution is 2.19. The SMILES string of the molecule is CCCCC/C=C\C/C=C\CCCCCCCC(=O)OCCCCCCCCCCCCCCCCC/C=C\C/C=C\CCCCCCCCCCCCCCCCCCCC(=O)NC(CO)C(O)CCCCCCCCCCCCCCC. The molecule has 84 heavy (non-hydrogen) atoms. The second kappa shape index (κ2) is 73.3. The summed E-state index contributed by atoms with van der Waals surface area (Å²) in [5.41, 5.74) is 0. The Morgan fingerprint density at radius 3 is 0.929 bits per heavy atom. The zero-order chi connectivity index (χ0) is 60.6. The maximum atomic E-state index is 12.5. The van der Waals surface area contributed by atoms with Crippen LogP contribution in [-0.2, 0) is 14.3 Å². The third-order valence-electron chi connectivity index (χ3n) is 17.6. The van der Waals surface area contributed by atoms with Crippen LogP contribution in [-0.4, -0.2) is 47.4 Å². The number of esters is 1. The summed E-state index contributed by atoms with van der Waals surface area (Å²) in [6.45, 7) is 4.95. The van der Waals surface area contributed by atoms with Gasteiger partial charge in [0.25, 0.3) is 0 Å². The molecule has 0 bridgehead atoms. The lowest BCUT2D eigenvalue weighted by Crippen LogP contribution is -2.45. The maximum absolute atomic E-state index is 12.5. The molecule has 0 spiro atoms. The van der Waals surface area contributed by atoms with Crippen molar-refractivity contribution in [1.29, 1.82) is 0 Å². The molecule has 0 fully saturated rings. The average Bonchev–Trinajstić information content (AvgIpc) is 3.54. The van der Waals surface area contributed by atoms with Gasteiger partial charge in [-0.1, -0.05) is 358 Å². The summed E-state index contributed by atoms with van der Waals surface area (Å²) >= 11 is 0. The Labute approximate surface area is 525 Å². The van der Waals surface area contributed by atoms with Crippen LogP contribution in [0.15, 0.2) is 48.6 Å². The van der Waals surface area contributed by atoms with Crippen molar-refractivity contribution in [2.45, 2.75) is 424 Å². The highest BCUT2D eigenvalue weighted by molar-refractivity contribution is 5.76. The van der Waals surface area contributed by atoms with Crippen molar-refractivity contribution >= 4 is 11.9 Å². The highest BCUT2D eigenvalue weighted by atomic mass is 16.5. The molecule has 0 aromatic carbocycles. The van der Waals surface area contributed by atoms with Crippen molar-refractivity contribution in [1.82, 2.24) is 5.32 Å². The summed E-state index contributed by atoms with van der Waals surface area (Å²) in [5.74, 6) is -0.0237. The van der Waals surface area contributed by atoms with Gasteiger partial charge in [-0.3, -0.25) is 9.59 Å². The molecule has 2 atom stereocenters. The van der Waals surface area contributed by atoms with E-state index in [2.05, 4.69) is 67.8 Å². The number of aliphatic hydroxyl groups excluding tert-OH is 2. The van der Waals surface area contributed by atoms with Gasteiger partial charge in [-0.25, -0.2) is 0 Å². The Morgan fingerprint density at radius 1 is 0.333 bits per heavy atom. The number of amides is 1. The van der Waals surface area contributed by atoms with E-state index in [1.54, 1.807) is 0 Å². The number of hydrogen-bond donors (Lipinski definition) is 3. The molecule has 0 radical (unpaired) electrons. The zero-order valence-corrected chi connectivity index (χ0v) is 56.6. The second-order valence-electron chi connectivity index (χ2n) is 26.0. The summed E-state index contributed by atoms with van der Waals surface area (Å²) in [7, 11) is 0. The summed E-state index contributed by atoms with van der Waals surface area (Å²) in [6.07, 6.45) is 96.3. The van der Waals surface area contributed by atoms with Crippen molar-refractivity contribution in [2.24, 2.45) is 0 Å². The monoisotopic (exact) mass is 1180 g/mol. The molecule has 1 amide bonds. The van der Waals surface area contributed by atoms with E-state index in [-0.39, 0.29) is 18.5 Å². The summed E-state index contributed by atoms with van der Waals surface area (Å²) in [4.78, 5) is 24.6. The molecule has 3 N–H and O–H groups in total. The van der Waals surface area contributed by atoms with Crippen LogP contribution in [0.2, 0.25) is 0 Å². The predicted molar refractivity (Wildman–Crippen MR) is 370 cm³/mol. The normalized spacial score (nSPS) is 12.8. The predicted octanol–water partition coefficient (Wildman–Crippen LogP) is 24.8. The lowest BCUT2D eigenvalue weighted by molar-refractivity contribution is -0.143. The van der Waals surface area contributed by atoms with Crippen molar-refractivity contribution < 1.29 is 24.5 Å². The Bertz CT molecular complexity index is 1400. The van der Waals surface area contributed by atoms with E-state index in [9.17, 15) is 19.8 Å². The summed E-state index contributed by atoms with van der Waals surface area (Å²) in [5, 5.41) is 23.3. The first kappa shape index (κ1) is 81.8. The Kier molecular flexibility index (Phi) is 71.4. The number of rotatable bonds is 71. The lowest BCUT2D eigenvalue weighted by Gasteiger charge is -2.22. The molecule has 0 saturated carbocycles. The topological polar surface area (TPSA) is 95.9 Å². The smallest absolute Gasteiger partial charge is 0.305 e. The second-order valence-corrected chi connectivity index (χ2v) is 26.0. The summed E-state index contributed by atoms with van der Waals surface area (Å²) in [6, 6.07) is -0.539. The first-order valence-corrected chi connectivity index (χ1v) is 37.9. The summed E-state index contributed by atoms with van der Waals surface area (Å²) < 4.78 is 5.49. The lowest BCUT2D eigenvalue weighted by atomic mass is 10.0. The molecule has 0 heterocycles. The van der Waals surface area contributed by atoms with E-state index in [1.165, 1.54) is 321 Å². The molecule has 0 aromatic rings. The Balaban J connectivity index is 3.34. The molecule has 494 valence electrons. The fraction of sp³-hybridized carbons (Fsp3) is 0.872. The van der Waals surface area contributed by atoms with Gasteiger partial charge < -0.3 is 20.3 Å². The zero-order valence-electron chi connectivity index (χ0n) is 56.6. The van der Waals surface area contributed by atoms with Crippen LogP contribution >= 0.6 is 0 Å². The van der Waals surface area contributed by atoms with E-state index >= 15 is 0 Å². The van der Waals surface area contributed by atoms with E-state index < -0.39 is 12.1 Å². The highest BCUT2D eigenvalue weighted by Gasteiger charge is 2.20. The van der Waals surface area contributed by atoms with E-state index in [0.29, 0.717) is 25.9 Å². The number of aliphatic hydroxyl groups is 2. The largest absolute Gasteiger partial charge is 0.466 e. The third-order valence-corrected chi connectivity index (χ3v) is 17.6. The van der Waals surface area contributed by atoms with Gasteiger partial charge in [0.05, 0.1) is 25.4 Å². The number of ether oxygens (including phenoxy) is 1. The first-order valence-electron chi connectivity index (χ1n) is 37.9. The van der Waals surface area contributed by atoms with Crippen LogP contribution in [0.1, 0.15) is 412 Å². The molecular formula is C78H147NO5. The van der Waals surface area contributed by atoms with Crippen LogP contribution in [0.25, 0.3) is 0 Å². The van der Waals surface area contributed by atoms with Gasteiger partial charge in [0, 0.05) is 12.8 Å². The van der Waals surface area contributed by atoms with Gasteiger partial charge in [-0.2, -0.15) is 0 Å². The Morgan fingerprint density at radius 2 is 0.595 bits per heavy atom. The van der Waals surface area contributed by atoms with Gasteiger partial charge >= 0.3 is 5.97 Å². The van der Waals surface area contributed by atoms with Gasteiger partial charge in [0.2, 0.25) is 5.91 Å². The molecule has 2 unspecified atom stereocenters. The number of carbonyl (C=O) groups excluding carboxylic acids is 2. The van der Waals surface area contributed by atoms with E-state index in [0.717, 1.165) is 57.8 Å². The maximum Gasteiger partial charge on any atom is 0.305 e. The molecule has 0 aliphatic carbocycles. The van der Waals surface area contributed by atoms with E-state index in [1.807, 2.05) is 0 Å². The fourth-order valence-corrected chi connectivity index (χ4v) is 11.8. The van der Waals surface area contributed by atoms with Crippen LogP contribution in [0.3, 0.4) is 0 Å². The number of hydrogen-bond acceptors (Lipinski definition) is 5. The minimum atomic E-state index is -0.662. The quantitative estimate of drug-likeness (QED) is 0.0320. The van der Waals surface area contributed by atoms with Crippen molar-refractivity contribution in [2.75, 3.05) is 13.2 Å². The van der Waals surface area contributed by atoms with Gasteiger partial charge in [0.1, 0.15) is 0 Å². The molecular weight excluding hydrogens is 1030 g/mol. The van der Waals surface area contributed by atoms with Gasteiger partial charge in [-0.05, 0) is 89.9 Å². The average molecular weight is 1180 g/mol. The third kappa shape index (κ3) is 68.9. The van der Waals surface area contributed by atoms with Crippen molar-refractivity contribution in [3.63, 3.8) is 0 Å². The van der Waals surface area contributed by atoms with E-state index in [4.69, 9.17) is 4.74 Å². The molecule has 0 aromatic heterocycles. The Hall–Kier alpha value is -2.18. The van der Waals surface area contributed by atoms with Gasteiger partial charge in [-0.15, -0.1) is 0 Å². The molecule has 0 saturated heterocycles. The van der Waals surface area contributed by atoms with Gasteiger partial charge in [0.15, 0.2) is 0 Å².